The van der Waals surface area contributed by atoms with Crippen LogP contribution < -0.4 is 10.1 Å². The standard InChI is InChI=1S/C29H30ClFN2O3/c30-23-16-14-22(15-17-23)19-33(28(34)20-36-27-13-7-6-12-25(27)31)26(18-21-8-2-1-3-9-21)29(35)32-24-10-4-5-11-24/h1-3,6-9,12-17,24,26H,4-5,10-11,18-20H2,(H,32,35)/t26-/m0/s1. The number of ether oxygens (including phenoxy) is 1. The Kier molecular flexibility index (Phi) is 8.95. The fraction of sp³-hybridized carbons (Fsp3) is 0.310. The molecule has 1 N–H and O–H groups in total. The SMILES string of the molecule is O=C(NC1CCCC1)[C@H](Cc1ccccc1)N(Cc1ccc(Cl)cc1)C(=O)COc1ccccc1F. The second-order valence-electron chi connectivity index (χ2n) is 9.06. The van der Waals surface area contributed by atoms with Gasteiger partial charge in [0.1, 0.15) is 6.04 Å². The maximum atomic E-state index is 14.1. The highest BCUT2D eigenvalue weighted by Crippen LogP contribution is 2.21. The normalized spacial score (nSPS) is 14.3. The van der Waals surface area contributed by atoms with Gasteiger partial charge in [-0.3, -0.25) is 9.59 Å². The number of rotatable bonds is 10. The van der Waals surface area contributed by atoms with Gasteiger partial charge in [0.15, 0.2) is 18.2 Å². The van der Waals surface area contributed by atoms with Crippen LogP contribution in [0.5, 0.6) is 5.75 Å². The van der Waals surface area contributed by atoms with Crippen molar-refractivity contribution >= 4 is 23.4 Å². The van der Waals surface area contributed by atoms with Gasteiger partial charge in [0, 0.05) is 24.0 Å². The van der Waals surface area contributed by atoms with Crippen molar-refractivity contribution in [2.45, 2.75) is 50.7 Å². The molecule has 5 nitrogen and oxygen atoms in total. The first-order valence-corrected chi connectivity index (χ1v) is 12.6. The zero-order valence-corrected chi connectivity index (χ0v) is 20.8. The van der Waals surface area contributed by atoms with Crippen molar-refractivity contribution < 1.29 is 18.7 Å². The van der Waals surface area contributed by atoms with Crippen LogP contribution in [0.2, 0.25) is 5.02 Å². The average Bonchev–Trinajstić information content (AvgIpc) is 3.40. The molecule has 2 amide bonds. The third-order valence-corrected chi connectivity index (χ3v) is 6.68. The zero-order valence-electron chi connectivity index (χ0n) is 20.0. The first-order chi connectivity index (χ1) is 17.5. The van der Waals surface area contributed by atoms with E-state index >= 15 is 0 Å². The average molecular weight is 509 g/mol. The van der Waals surface area contributed by atoms with Crippen molar-refractivity contribution in [3.05, 3.63) is 101 Å². The van der Waals surface area contributed by atoms with Gasteiger partial charge >= 0.3 is 0 Å². The molecule has 0 radical (unpaired) electrons. The van der Waals surface area contributed by atoms with Crippen LogP contribution in [0.3, 0.4) is 0 Å². The molecular formula is C29H30ClFN2O3. The van der Waals surface area contributed by atoms with E-state index in [-0.39, 0.29) is 24.2 Å². The Labute approximate surface area is 216 Å². The van der Waals surface area contributed by atoms with E-state index < -0.39 is 24.4 Å². The molecule has 0 heterocycles. The minimum atomic E-state index is -0.764. The lowest BCUT2D eigenvalue weighted by Crippen LogP contribution is -2.53. The van der Waals surface area contributed by atoms with Crippen LogP contribution in [-0.4, -0.2) is 35.4 Å². The fourth-order valence-electron chi connectivity index (χ4n) is 4.49. The summed E-state index contributed by atoms with van der Waals surface area (Å²) in [5, 5.41) is 3.74. The number of nitrogens with one attached hydrogen (secondary N) is 1. The van der Waals surface area contributed by atoms with E-state index in [0.29, 0.717) is 11.4 Å². The molecule has 0 unspecified atom stereocenters. The van der Waals surface area contributed by atoms with E-state index in [2.05, 4.69) is 5.32 Å². The first-order valence-electron chi connectivity index (χ1n) is 12.2. The van der Waals surface area contributed by atoms with Gasteiger partial charge in [-0.05, 0) is 48.2 Å². The van der Waals surface area contributed by atoms with Gasteiger partial charge in [-0.2, -0.15) is 0 Å². The van der Waals surface area contributed by atoms with Gasteiger partial charge in [0.25, 0.3) is 5.91 Å². The minimum absolute atomic E-state index is 0.00712. The van der Waals surface area contributed by atoms with Gasteiger partial charge in [0.2, 0.25) is 5.91 Å². The topological polar surface area (TPSA) is 58.6 Å². The fourth-order valence-corrected chi connectivity index (χ4v) is 4.62. The number of nitrogens with zero attached hydrogens (tertiary/aromatic N) is 1. The Morgan fingerprint density at radius 3 is 2.31 bits per heavy atom. The van der Waals surface area contributed by atoms with Gasteiger partial charge in [0.05, 0.1) is 0 Å². The second kappa shape index (κ2) is 12.5. The van der Waals surface area contributed by atoms with Crippen molar-refractivity contribution in [1.29, 1.82) is 0 Å². The van der Waals surface area contributed by atoms with Gasteiger partial charge in [-0.15, -0.1) is 0 Å². The predicted octanol–water partition coefficient (Wildman–Crippen LogP) is 5.56. The number of carbonyl (C=O) groups is 2. The summed E-state index contributed by atoms with van der Waals surface area (Å²) in [6.07, 6.45) is 4.38. The van der Waals surface area contributed by atoms with Crippen molar-refractivity contribution in [2.24, 2.45) is 0 Å². The van der Waals surface area contributed by atoms with Crippen LogP contribution in [0.25, 0.3) is 0 Å². The van der Waals surface area contributed by atoms with Crippen LogP contribution in [0, 0.1) is 5.82 Å². The van der Waals surface area contributed by atoms with Crippen LogP contribution in [-0.2, 0) is 22.6 Å². The Bertz CT molecular complexity index is 1150. The summed E-state index contributed by atoms with van der Waals surface area (Å²) in [5.41, 5.74) is 1.76. The molecule has 3 aromatic rings. The van der Waals surface area contributed by atoms with E-state index in [9.17, 15) is 14.0 Å². The molecule has 4 rings (SSSR count). The lowest BCUT2D eigenvalue weighted by molar-refractivity contribution is -0.143. The molecule has 1 atom stereocenters. The number of hydrogen-bond acceptors (Lipinski definition) is 3. The Morgan fingerprint density at radius 1 is 0.944 bits per heavy atom. The molecule has 1 aliphatic carbocycles. The quantitative estimate of drug-likeness (QED) is 0.390. The van der Waals surface area contributed by atoms with E-state index in [4.69, 9.17) is 16.3 Å². The van der Waals surface area contributed by atoms with Crippen LogP contribution in [0.1, 0.15) is 36.8 Å². The Morgan fingerprint density at radius 2 is 1.61 bits per heavy atom. The van der Waals surface area contributed by atoms with Crippen molar-refractivity contribution in [2.75, 3.05) is 6.61 Å². The summed E-state index contributed by atoms with van der Waals surface area (Å²) in [6.45, 7) is -0.206. The summed E-state index contributed by atoms with van der Waals surface area (Å²) < 4.78 is 19.6. The molecule has 188 valence electrons. The van der Waals surface area contributed by atoms with Crippen molar-refractivity contribution in [1.82, 2.24) is 10.2 Å². The summed E-state index contributed by atoms with van der Waals surface area (Å²) in [4.78, 5) is 28.7. The number of benzene rings is 3. The van der Waals surface area contributed by atoms with Gasteiger partial charge < -0.3 is 15.0 Å². The molecular weight excluding hydrogens is 479 g/mol. The molecule has 7 heteroatoms. The van der Waals surface area contributed by atoms with E-state index in [1.54, 1.807) is 24.3 Å². The van der Waals surface area contributed by atoms with Crippen LogP contribution in [0.15, 0.2) is 78.9 Å². The molecule has 0 saturated heterocycles. The predicted molar refractivity (Wildman–Crippen MR) is 138 cm³/mol. The number of carbonyl (C=O) groups excluding carboxylic acids is 2. The molecule has 1 saturated carbocycles. The molecule has 3 aromatic carbocycles. The summed E-state index contributed by atoms with van der Waals surface area (Å²) in [6, 6.07) is 22.1. The lowest BCUT2D eigenvalue weighted by atomic mass is 10.0. The largest absolute Gasteiger partial charge is 0.481 e. The molecule has 0 aliphatic heterocycles. The number of halogens is 2. The van der Waals surface area contributed by atoms with E-state index in [1.807, 2.05) is 42.5 Å². The monoisotopic (exact) mass is 508 g/mol. The molecule has 0 aromatic heterocycles. The Hall–Kier alpha value is -3.38. The van der Waals surface area contributed by atoms with Crippen molar-refractivity contribution in [3.8, 4) is 5.75 Å². The van der Waals surface area contributed by atoms with Crippen LogP contribution >= 0.6 is 11.6 Å². The number of amides is 2. The number of para-hydroxylation sites is 1. The molecule has 0 bridgehead atoms. The Balaban J connectivity index is 1.61. The van der Waals surface area contributed by atoms with E-state index in [1.165, 1.54) is 17.0 Å². The summed E-state index contributed by atoms with van der Waals surface area (Å²) in [7, 11) is 0. The summed E-state index contributed by atoms with van der Waals surface area (Å²) in [5.74, 6) is -1.16. The zero-order chi connectivity index (χ0) is 25.3. The highest BCUT2D eigenvalue weighted by atomic mass is 35.5. The third kappa shape index (κ3) is 7.08. The molecule has 1 aliphatic rings. The second-order valence-corrected chi connectivity index (χ2v) is 9.50. The maximum absolute atomic E-state index is 14.1. The molecule has 1 fully saturated rings. The van der Waals surface area contributed by atoms with Gasteiger partial charge in [-0.25, -0.2) is 4.39 Å². The smallest absolute Gasteiger partial charge is 0.261 e. The van der Waals surface area contributed by atoms with Crippen molar-refractivity contribution in [3.63, 3.8) is 0 Å². The highest BCUT2D eigenvalue weighted by molar-refractivity contribution is 6.30. The molecule has 0 spiro atoms. The maximum Gasteiger partial charge on any atom is 0.261 e. The van der Waals surface area contributed by atoms with Gasteiger partial charge in [-0.1, -0.05) is 79.0 Å². The lowest BCUT2D eigenvalue weighted by Gasteiger charge is -2.32. The third-order valence-electron chi connectivity index (χ3n) is 6.43. The first kappa shape index (κ1) is 25.7. The summed E-state index contributed by atoms with van der Waals surface area (Å²) >= 11 is 6.06. The highest BCUT2D eigenvalue weighted by Gasteiger charge is 2.32. The van der Waals surface area contributed by atoms with E-state index in [0.717, 1.165) is 36.8 Å². The molecule has 36 heavy (non-hydrogen) atoms. The minimum Gasteiger partial charge on any atom is -0.481 e. The van der Waals surface area contributed by atoms with Crippen LogP contribution in [0.4, 0.5) is 4.39 Å². The number of hydrogen-bond donors (Lipinski definition) is 1.